The second-order valence-electron chi connectivity index (χ2n) is 4.89. The molecule has 0 heterocycles. The summed E-state index contributed by atoms with van der Waals surface area (Å²) in [5.41, 5.74) is -0.122. The number of allylic oxidation sites excluding steroid dienone is 1. The number of ketones is 1. The monoisotopic (exact) mass is 224 g/mol. The molecular formula is C14H24O2. The van der Waals surface area contributed by atoms with Crippen molar-refractivity contribution in [2.24, 2.45) is 0 Å². The maximum Gasteiger partial charge on any atom is 0.193 e. The summed E-state index contributed by atoms with van der Waals surface area (Å²) in [6, 6.07) is 0. The molecule has 0 atom stereocenters. The summed E-state index contributed by atoms with van der Waals surface area (Å²) in [5.74, 6) is 0.289. The van der Waals surface area contributed by atoms with Gasteiger partial charge >= 0.3 is 0 Å². The van der Waals surface area contributed by atoms with Crippen LogP contribution in [0.15, 0.2) is 12.3 Å². The van der Waals surface area contributed by atoms with Crippen LogP contribution in [0.5, 0.6) is 0 Å². The van der Waals surface area contributed by atoms with E-state index < -0.39 is 0 Å². The molecule has 2 heteroatoms. The van der Waals surface area contributed by atoms with Crippen molar-refractivity contribution < 1.29 is 9.53 Å². The van der Waals surface area contributed by atoms with Crippen molar-refractivity contribution in [1.82, 2.24) is 0 Å². The van der Waals surface area contributed by atoms with Gasteiger partial charge < -0.3 is 4.74 Å². The van der Waals surface area contributed by atoms with Crippen molar-refractivity contribution in [2.75, 3.05) is 0 Å². The number of Topliss-reactive ketones (excluding diaryl/α,β-unsaturated/α-hetero) is 1. The Morgan fingerprint density at radius 2 is 1.69 bits per heavy atom. The molecule has 0 aromatic rings. The lowest BCUT2D eigenvalue weighted by molar-refractivity contribution is -0.121. The zero-order chi connectivity index (χ0) is 12.0. The molecule has 0 aliphatic heterocycles. The van der Waals surface area contributed by atoms with Gasteiger partial charge in [-0.15, -0.1) is 0 Å². The van der Waals surface area contributed by atoms with Gasteiger partial charge in [0, 0.05) is 6.92 Å². The van der Waals surface area contributed by atoms with Crippen molar-refractivity contribution in [3.63, 3.8) is 0 Å². The Hall–Kier alpha value is -0.790. The van der Waals surface area contributed by atoms with E-state index in [2.05, 4.69) is 13.5 Å². The van der Waals surface area contributed by atoms with Gasteiger partial charge in [0.2, 0.25) is 0 Å². The molecule has 0 amide bonds. The quantitative estimate of drug-likeness (QED) is 0.533. The first-order chi connectivity index (χ1) is 7.59. The molecule has 0 aromatic heterocycles. The zero-order valence-electron chi connectivity index (χ0n) is 10.7. The van der Waals surface area contributed by atoms with Crippen LogP contribution in [-0.2, 0) is 9.53 Å². The molecule has 0 radical (unpaired) electrons. The number of carbonyl (C=O) groups is 1. The maximum absolute atomic E-state index is 11.2. The Morgan fingerprint density at radius 1 is 1.19 bits per heavy atom. The van der Waals surface area contributed by atoms with Gasteiger partial charge in [-0.1, -0.05) is 32.8 Å². The number of rotatable bonds is 4. The van der Waals surface area contributed by atoms with Crippen LogP contribution in [0, 0.1) is 0 Å². The molecule has 0 spiro atoms. The second-order valence-corrected chi connectivity index (χ2v) is 4.89. The molecule has 0 bridgehead atoms. The van der Waals surface area contributed by atoms with E-state index in [9.17, 15) is 4.79 Å². The topological polar surface area (TPSA) is 26.3 Å². The molecule has 1 rings (SSSR count). The Balaban J connectivity index is 2.65. The van der Waals surface area contributed by atoms with Gasteiger partial charge in [0.05, 0.1) is 0 Å². The highest BCUT2D eigenvalue weighted by atomic mass is 16.5. The van der Waals surface area contributed by atoms with Crippen molar-refractivity contribution in [3.05, 3.63) is 12.3 Å². The van der Waals surface area contributed by atoms with Crippen LogP contribution >= 0.6 is 0 Å². The van der Waals surface area contributed by atoms with Gasteiger partial charge in [-0.2, -0.15) is 0 Å². The maximum atomic E-state index is 11.2. The van der Waals surface area contributed by atoms with E-state index in [1.807, 2.05) is 0 Å². The lowest BCUT2D eigenvalue weighted by Gasteiger charge is -2.35. The summed E-state index contributed by atoms with van der Waals surface area (Å²) in [7, 11) is 0. The minimum absolute atomic E-state index is 0.0464. The summed E-state index contributed by atoms with van der Waals surface area (Å²) >= 11 is 0. The highest BCUT2D eigenvalue weighted by Crippen LogP contribution is 2.34. The van der Waals surface area contributed by atoms with Crippen LogP contribution in [0.1, 0.15) is 65.2 Å². The van der Waals surface area contributed by atoms with E-state index >= 15 is 0 Å². The fourth-order valence-corrected chi connectivity index (χ4v) is 2.41. The fraction of sp³-hybridized carbons (Fsp3) is 0.786. The van der Waals surface area contributed by atoms with Gasteiger partial charge in [-0.05, 0) is 32.1 Å². The first kappa shape index (κ1) is 13.3. The fourth-order valence-electron chi connectivity index (χ4n) is 2.41. The average molecular weight is 224 g/mol. The first-order valence-corrected chi connectivity index (χ1v) is 6.48. The molecule has 1 aliphatic rings. The average Bonchev–Trinajstić information content (AvgIpc) is 2.22. The molecule has 92 valence electrons. The first-order valence-electron chi connectivity index (χ1n) is 6.48. The number of hydrogen-bond donors (Lipinski definition) is 0. The smallest absolute Gasteiger partial charge is 0.193 e. The molecule has 0 unspecified atom stereocenters. The van der Waals surface area contributed by atoms with Crippen molar-refractivity contribution >= 4 is 5.78 Å². The van der Waals surface area contributed by atoms with Crippen molar-refractivity contribution in [2.45, 2.75) is 70.8 Å². The molecule has 16 heavy (non-hydrogen) atoms. The van der Waals surface area contributed by atoms with Gasteiger partial charge in [0.25, 0.3) is 0 Å². The molecule has 2 nitrogen and oxygen atoms in total. The third-order valence-corrected chi connectivity index (χ3v) is 3.64. The highest BCUT2D eigenvalue weighted by Gasteiger charge is 2.31. The van der Waals surface area contributed by atoms with Crippen LogP contribution in [0.4, 0.5) is 0 Å². The Labute approximate surface area is 99.1 Å². The zero-order valence-corrected chi connectivity index (χ0v) is 10.7. The van der Waals surface area contributed by atoms with Crippen LogP contribution in [-0.4, -0.2) is 11.4 Å². The van der Waals surface area contributed by atoms with Gasteiger partial charge in [0.15, 0.2) is 11.5 Å². The highest BCUT2D eigenvalue weighted by molar-refractivity contribution is 5.90. The molecule has 0 aromatic carbocycles. The predicted molar refractivity (Wildman–Crippen MR) is 66.2 cm³/mol. The van der Waals surface area contributed by atoms with E-state index in [4.69, 9.17) is 4.74 Å². The van der Waals surface area contributed by atoms with Crippen LogP contribution in [0.3, 0.4) is 0 Å². The Kier molecular flexibility index (Phi) is 5.04. The summed E-state index contributed by atoms with van der Waals surface area (Å²) in [5, 5.41) is 0. The lowest BCUT2D eigenvalue weighted by atomic mass is 9.85. The van der Waals surface area contributed by atoms with E-state index in [1.165, 1.54) is 39.0 Å². The molecule has 1 saturated carbocycles. The standard InChI is InChI=1S/C14H24O2/c1-4-14(16-13(3)12(2)15)10-8-6-5-7-9-11-14/h3-11H2,1-2H3. The third kappa shape index (κ3) is 3.66. The summed E-state index contributed by atoms with van der Waals surface area (Å²) in [6.07, 6.45) is 9.44. The number of hydrogen-bond acceptors (Lipinski definition) is 2. The summed E-state index contributed by atoms with van der Waals surface area (Å²) in [6.45, 7) is 7.39. The molecule has 1 aliphatic carbocycles. The largest absolute Gasteiger partial charge is 0.484 e. The SMILES string of the molecule is C=C(OC1(CC)CCCCCCC1)C(C)=O. The second kappa shape index (κ2) is 6.07. The van der Waals surface area contributed by atoms with Crippen LogP contribution in [0.25, 0.3) is 0 Å². The summed E-state index contributed by atoms with van der Waals surface area (Å²) < 4.78 is 5.88. The van der Waals surface area contributed by atoms with E-state index in [0.717, 1.165) is 19.3 Å². The molecule has 0 N–H and O–H groups in total. The van der Waals surface area contributed by atoms with Crippen LogP contribution in [0.2, 0.25) is 0 Å². The lowest BCUT2D eigenvalue weighted by Crippen LogP contribution is -2.33. The Morgan fingerprint density at radius 3 is 2.12 bits per heavy atom. The van der Waals surface area contributed by atoms with E-state index in [1.54, 1.807) is 0 Å². The molecule has 1 fully saturated rings. The van der Waals surface area contributed by atoms with Crippen molar-refractivity contribution in [1.29, 1.82) is 0 Å². The van der Waals surface area contributed by atoms with Crippen LogP contribution < -0.4 is 0 Å². The van der Waals surface area contributed by atoms with E-state index in [-0.39, 0.29) is 11.4 Å². The van der Waals surface area contributed by atoms with E-state index in [0.29, 0.717) is 5.76 Å². The van der Waals surface area contributed by atoms with Crippen molar-refractivity contribution in [3.8, 4) is 0 Å². The number of ether oxygens (including phenoxy) is 1. The molecule has 0 saturated heterocycles. The minimum atomic E-state index is -0.122. The summed E-state index contributed by atoms with van der Waals surface area (Å²) in [4.78, 5) is 11.2. The normalized spacial score (nSPS) is 20.6. The minimum Gasteiger partial charge on any atom is -0.484 e. The predicted octanol–water partition coefficient (Wildman–Crippen LogP) is 4.00. The third-order valence-electron chi connectivity index (χ3n) is 3.64. The van der Waals surface area contributed by atoms with Gasteiger partial charge in [-0.3, -0.25) is 4.79 Å². The van der Waals surface area contributed by atoms with Gasteiger partial charge in [-0.25, -0.2) is 0 Å². The Bertz CT molecular complexity index is 247. The molecular weight excluding hydrogens is 200 g/mol. The number of carbonyl (C=O) groups excluding carboxylic acids is 1. The van der Waals surface area contributed by atoms with Gasteiger partial charge in [0.1, 0.15) is 5.60 Å².